The molecule has 0 radical (unpaired) electrons. The summed E-state index contributed by atoms with van der Waals surface area (Å²) in [6, 6.07) is -11.1. The molecular formula is C72H120N6O50. The third-order valence-corrected chi connectivity index (χ3v) is 23.2. The Hall–Kier alpha value is -4.94. The second-order valence-electron chi connectivity index (χ2n) is 32.5. The number of carbonyl (C=O) groups is 6. The van der Waals surface area contributed by atoms with Crippen molar-refractivity contribution >= 4 is 35.4 Å². The molecule has 0 spiro atoms. The van der Waals surface area contributed by atoms with Gasteiger partial charge in [-0.05, 0) is 6.92 Å². The normalized spacial score (nSPS) is 47.8. The molecule has 6 amide bonds. The molecule has 50 atom stereocenters. The molecule has 10 saturated heterocycles. The van der Waals surface area contributed by atoms with E-state index in [9.17, 15) is 156 Å². The van der Waals surface area contributed by atoms with Crippen molar-refractivity contribution < 1.29 is 246 Å². The van der Waals surface area contributed by atoms with Gasteiger partial charge >= 0.3 is 0 Å². The summed E-state index contributed by atoms with van der Waals surface area (Å²) in [5.41, 5.74) is 0. The molecule has 0 aromatic carbocycles. The highest BCUT2D eigenvalue weighted by molar-refractivity contribution is 5.75. The lowest BCUT2D eigenvalue weighted by Crippen LogP contribution is -2.71. The zero-order chi connectivity index (χ0) is 94.4. The fourth-order valence-electron chi connectivity index (χ4n) is 16.5. The first-order valence-corrected chi connectivity index (χ1v) is 41.0. The van der Waals surface area contributed by atoms with Crippen LogP contribution in [0.3, 0.4) is 0 Å². The largest absolute Gasteiger partial charge is 0.394 e. The quantitative estimate of drug-likeness (QED) is 0.0290. The van der Waals surface area contributed by atoms with Crippen LogP contribution in [0.15, 0.2) is 0 Å². The van der Waals surface area contributed by atoms with Crippen molar-refractivity contribution in [3.8, 4) is 0 Å². The van der Waals surface area contributed by atoms with Crippen LogP contribution in [0.2, 0.25) is 0 Å². The monoisotopic (exact) mass is 1870 g/mol. The number of hydrogen-bond acceptors (Lipinski definition) is 50. The van der Waals surface area contributed by atoms with Gasteiger partial charge in [0, 0.05) is 41.5 Å². The second-order valence-corrected chi connectivity index (χ2v) is 32.5. The Labute approximate surface area is 726 Å². The minimum Gasteiger partial charge on any atom is -0.394 e. The Morgan fingerprint density at radius 2 is 0.500 bits per heavy atom. The topological polar surface area (TPSA) is 856 Å². The van der Waals surface area contributed by atoms with E-state index in [1.54, 1.807) is 0 Å². The van der Waals surface area contributed by atoms with Gasteiger partial charge < -0.3 is 250 Å². The Balaban J connectivity index is 1.05. The molecule has 10 fully saturated rings. The molecule has 0 aliphatic carbocycles. The Morgan fingerprint density at radius 1 is 0.219 bits per heavy atom. The molecule has 31 N–H and O–H groups in total. The fourth-order valence-corrected chi connectivity index (χ4v) is 16.5. The van der Waals surface area contributed by atoms with E-state index in [0.717, 1.165) is 41.5 Å². The van der Waals surface area contributed by atoms with Gasteiger partial charge in [-0.3, -0.25) is 28.8 Å². The van der Waals surface area contributed by atoms with Gasteiger partial charge in [0.2, 0.25) is 35.4 Å². The third kappa shape index (κ3) is 23.9. The van der Waals surface area contributed by atoms with Crippen molar-refractivity contribution in [2.75, 3.05) is 59.5 Å². The number of amides is 6. The molecule has 56 nitrogen and oxygen atoms in total. The molecule has 10 aliphatic rings. The van der Waals surface area contributed by atoms with E-state index in [-0.39, 0.29) is 0 Å². The molecule has 10 rings (SSSR count). The van der Waals surface area contributed by atoms with Crippen LogP contribution in [0.25, 0.3) is 0 Å². The molecular weight excluding hydrogens is 1750 g/mol. The minimum atomic E-state index is -2.70. The number of ether oxygens (including phenoxy) is 19. The van der Waals surface area contributed by atoms with Crippen molar-refractivity contribution in [1.29, 1.82) is 0 Å². The first-order chi connectivity index (χ1) is 60.4. The van der Waals surface area contributed by atoms with Gasteiger partial charge in [0.1, 0.15) is 238 Å². The van der Waals surface area contributed by atoms with E-state index < -0.39 is 402 Å². The highest BCUT2D eigenvalue weighted by Crippen LogP contribution is 2.41. The summed E-state index contributed by atoms with van der Waals surface area (Å²) in [5.74, 6) is -5.46. The van der Waals surface area contributed by atoms with Gasteiger partial charge in [-0.1, -0.05) is 0 Å². The van der Waals surface area contributed by atoms with Crippen LogP contribution in [0.1, 0.15) is 48.5 Å². The molecule has 0 aromatic heterocycles. The van der Waals surface area contributed by atoms with Crippen molar-refractivity contribution in [2.24, 2.45) is 0 Å². The van der Waals surface area contributed by atoms with Crippen LogP contribution in [-0.4, -0.2) is 529 Å². The first-order valence-electron chi connectivity index (χ1n) is 41.0. The predicted molar refractivity (Wildman–Crippen MR) is 398 cm³/mol. The van der Waals surface area contributed by atoms with E-state index in [2.05, 4.69) is 31.9 Å². The highest BCUT2D eigenvalue weighted by atomic mass is 16.8. The average molecular weight is 1870 g/mol. The lowest BCUT2D eigenvalue weighted by molar-refractivity contribution is -0.403. The molecule has 0 aromatic rings. The standard InChI is InChI=1S/C72H120N6O50/c1-17-39(91)52(104)54(106)69(113-17)111-16-32-59(50(102)33(63(109)114-32)73-18(2)85)124-68-38(78-23(7)90)51(103)57(28(12-83)119-68)125-70-56(108)60(126-72-62(128-67-37(77-22(6)89)49(101)43(95)27(11-82)118-67)55(107)58(29(13-84)120-72)123-65-35(75-20(4)87)47(99)41(93)25(9-80)116-65)45(97)31(121-70)15-112-71-61(127-66-36(76-21(5)88)48(100)42(94)26(10-81)117-66)53(105)44(96)30(122-71)14-110-64-34(74-19(3)86)46(98)40(92)24(8-79)115-64/h17,24-72,79-84,91-109H,8-16H2,1-7H3,(H,73,85)(H,74,86)(H,75,87)(H,76,88)(H,77,89)(H,78,90)/t17-,24-,25-,26-,27-,28-,29-,30-,31-,32-,33-,34-,35-,36-,37-,38-,39+,40-,41-,42-,43-,44-,45-,46-,47-,48-,49-,50-,51-,52+,53+,54-,55+,56+,57-,58-,59-,60+,61+,62+,63-,64-,65+,66+,67+,68+,69+,70+,71+,72-/m1/s1. The van der Waals surface area contributed by atoms with Gasteiger partial charge in [-0.2, -0.15) is 0 Å². The number of aliphatic hydroxyl groups excluding tert-OH is 25. The number of nitrogens with one attached hydrogen (secondary N) is 6. The Bertz CT molecular complexity index is 3550. The summed E-state index contributed by atoms with van der Waals surface area (Å²) in [4.78, 5) is 76.7. The molecule has 0 bridgehead atoms. The smallest absolute Gasteiger partial charge is 0.217 e. The van der Waals surface area contributed by atoms with Gasteiger partial charge in [-0.15, -0.1) is 0 Å². The maximum atomic E-state index is 13.4. The summed E-state index contributed by atoms with van der Waals surface area (Å²) in [5, 5.41) is 298. The Morgan fingerprint density at radius 3 is 0.922 bits per heavy atom. The lowest BCUT2D eigenvalue weighted by atomic mass is 9.93. The maximum absolute atomic E-state index is 13.4. The number of rotatable bonds is 33. The highest BCUT2D eigenvalue weighted by Gasteiger charge is 2.62. The summed E-state index contributed by atoms with van der Waals surface area (Å²) in [6.07, 6.45) is -92.5. The van der Waals surface area contributed by atoms with Gasteiger partial charge in [0.05, 0.1) is 65.6 Å². The van der Waals surface area contributed by atoms with E-state index >= 15 is 0 Å². The van der Waals surface area contributed by atoms with E-state index in [4.69, 9.17) is 90.0 Å². The summed E-state index contributed by atoms with van der Waals surface area (Å²) in [6.45, 7) is -2.95. The van der Waals surface area contributed by atoms with Crippen molar-refractivity contribution in [3.63, 3.8) is 0 Å². The lowest BCUT2D eigenvalue weighted by Gasteiger charge is -2.52. The van der Waals surface area contributed by atoms with Crippen molar-refractivity contribution in [2.45, 2.75) is 355 Å². The minimum absolute atomic E-state index is 0.823. The summed E-state index contributed by atoms with van der Waals surface area (Å²) >= 11 is 0. The molecule has 0 unspecified atom stereocenters. The maximum Gasteiger partial charge on any atom is 0.217 e. The van der Waals surface area contributed by atoms with Crippen LogP contribution in [0.4, 0.5) is 0 Å². The summed E-state index contributed by atoms with van der Waals surface area (Å²) in [7, 11) is 0. The van der Waals surface area contributed by atoms with Gasteiger partial charge in [0.25, 0.3) is 0 Å². The summed E-state index contributed by atoms with van der Waals surface area (Å²) < 4.78 is 115. The van der Waals surface area contributed by atoms with Crippen LogP contribution in [0, 0.1) is 0 Å². The van der Waals surface area contributed by atoms with E-state index in [1.165, 1.54) is 6.92 Å². The second kappa shape index (κ2) is 46.1. The zero-order valence-corrected chi connectivity index (χ0v) is 69.6. The van der Waals surface area contributed by atoms with Crippen LogP contribution in [0.5, 0.6) is 0 Å². The molecule has 128 heavy (non-hydrogen) atoms. The third-order valence-electron chi connectivity index (χ3n) is 23.2. The van der Waals surface area contributed by atoms with Crippen LogP contribution >= 0.6 is 0 Å². The molecule has 10 heterocycles. The molecule has 10 aliphatic heterocycles. The van der Waals surface area contributed by atoms with Gasteiger partial charge in [-0.25, -0.2) is 0 Å². The number of hydrogen-bond donors (Lipinski definition) is 31. The van der Waals surface area contributed by atoms with E-state index in [1.807, 2.05) is 0 Å². The molecule has 0 saturated carbocycles. The van der Waals surface area contributed by atoms with E-state index in [0.29, 0.717) is 0 Å². The van der Waals surface area contributed by atoms with Crippen LogP contribution in [-0.2, 0) is 119 Å². The molecule has 738 valence electrons. The SMILES string of the molecule is CC(=O)N[C@@H]1[C@@H](O)[C@H](O[C@@H]2O[C@H](CO)[C@@H](O[C@@H]3O[C@H](CO[C@H]4O[C@H](CO[C@@H]5O[C@H](CO)[C@@H](O)[C@H](O)[C@H]5NC(C)=O)[C@@H](O)[C@H](O)[C@@H]4O[C@@H]4O[C@H](CO)[C@@H](O)[C@H](O)[C@H]4NC(C)=O)[C@@H](O)[C@H](O[C@H]4O[C@H](CO)[C@@H](O[C@@H]5O[C@H](CO)[C@@H](O)[C@H](O)[C@H]5NC(C)=O)[C@H](O)[C@@H]4O[C@@H]4O[C@H](CO)[C@@H](O)[C@H](O)[C@H]4NC(C)=O)[C@@H]3O)[C@H](O)[C@H]2NC(C)=O)[C@@H](CO[C@H]2O[C@H](C)[C@H](O)[C@H](O)[C@H]2O)O[C@H]1O. The Kier molecular flexibility index (Phi) is 37.8. The zero-order valence-electron chi connectivity index (χ0n) is 69.6. The number of carbonyl (C=O) groups excluding carboxylic acids is 6. The number of aliphatic hydroxyl groups is 25. The average Bonchev–Trinajstić information content (AvgIpc) is 0.759. The molecule has 56 heteroatoms. The van der Waals surface area contributed by atoms with Crippen molar-refractivity contribution in [3.05, 3.63) is 0 Å². The fraction of sp³-hybridized carbons (Fsp3) is 0.917. The van der Waals surface area contributed by atoms with Crippen LogP contribution < -0.4 is 31.9 Å². The predicted octanol–water partition coefficient (Wildman–Crippen LogP) is -20.9. The van der Waals surface area contributed by atoms with Gasteiger partial charge in [0.15, 0.2) is 62.9 Å². The van der Waals surface area contributed by atoms with Crippen molar-refractivity contribution in [1.82, 2.24) is 31.9 Å². The first kappa shape index (κ1) is 105.